The monoisotopic (exact) mass is 717 g/mol. The number of esters is 1. The molecule has 10 nitrogen and oxygen atoms in total. The molecule has 50 heavy (non-hydrogen) atoms. The number of carbonyl (C=O) groups excluding carboxylic acids is 1. The van der Waals surface area contributed by atoms with Crippen molar-refractivity contribution in [2.75, 3.05) is 45.8 Å². The Balaban J connectivity index is 1.52. The van der Waals surface area contributed by atoms with Gasteiger partial charge in [-0.05, 0) is 43.8 Å². The summed E-state index contributed by atoms with van der Waals surface area (Å²) in [6.45, 7) is 16.3. The number of benzene rings is 1. The van der Waals surface area contributed by atoms with Crippen molar-refractivity contribution in [1.29, 1.82) is 0 Å². The Hall–Kier alpha value is -3.43. The molecule has 1 aromatic carbocycles. The fourth-order valence-electron chi connectivity index (χ4n) is 6.27. The van der Waals surface area contributed by atoms with Gasteiger partial charge in [0.15, 0.2) is 11.2 Å². The lowest BCUT2D eigenvalue weighted by atomic mass is 9.77. The van der Waals surface area contributed by atoms with Gasteiger partial charge >= 0.3 is 5.97 Å². The molecule has 0 bridgehead atoms. The number of fused-ring (bicyclic) bond motifs is 1. The average molecular weight is 718 g/mol. The van der Waals surface area contributed by atoms with E-state index in [9.17, 15) is 4.79 Å². The van der Waals surface area contributed by atoms with Crippen LogP contribution in [0.1, 0.15) is 37.3 Å². The molecule has 3 aromatic heterocycles. The highest BCUT2D eigenvalue weighted by Crippen LogP contribution is 2.41. The maximum Gasteiger partial charge on any atom is 0.338 e. The highest BCUT2D eigenvalue weighted by molar-refractivity contribution is 6.76. The Morgan fingerprint density at radius 1 is 0.880 bits per heavy atom. The van der Waals surface area contributed by atoms with E-state index >= 15 is 0 Å². The molecule has 1 saturated carbocycles. The van der Waals surface area contributed by atoms with E-state index in [4.69, 9.17) is 34.0 Å². The van der Waals surface area contributed by atoms with E-state index < -0.39 is 21.7 Å². The summed E-state index contributed by atoms with van der Waals surface area (Å²) in [4.78, 5) is 24.9. The van der Waals surface area contributed by atoms with Gasteiger partial charge in [0, 0.05) is 77.0 Å². The topological polar surface area (TPSA) is 100 Å². The zero-order valence-electron chi connectivity index (χ0n) is 31.2. The fourth-order valence-corrected chi connectivity index (χ4v) is 7.78. The van der Waals surface area contributed by atoms with Crippen molar-refractivity contribution in [1.82, 2.24) is 19.6 Å². The first kappa shape index (κ1) is 37.8. The fraction of sp³-hybridized carbons (Fsp3) is 0.526. The molecule has 270 valence electrons. The first-order chi connectivity index (χ1) is 23.8. The molecule has 0 amide bonds. The van der Waals surface area contributed by atoms with Crippen LogP contribution in [0.2, 0.25) is 51.4 Å². The molecule has 0 atom stereocenters. The number of methoxy groups -OCH3 is 2. The number of ether oxygens (including phenoxy) is 4. The third-order valence-corrected chi connectivity index (χ3v) is 13.0. The van der Waals surface area contributed by atoms with Crippen molar-refractivity contribution >= 4 is 33.6 Å². The number of nitrogens with zero attached hydrogens (tertiary/aromatic N) is 5. The maximum absolute atomic E-state index is 12.7. The van der Waals surface area contributed by atoms with Crippen molar-refractivity contribution in [3.05, 3.63) is 66.6 Å². The molecule has 0 spiro atoms. The predicted octanol–water partition coefficient (Wildman–Crippen LogP) is 8.11. The van der Waals surface area contributed by atoms with Crippen molar-refractivity contribution in [2.24, 2.45) is 0 Å². The molecule has 0 aliphatic heterocycles. The lowest BCUT2D eigenvalue weighted by Gasteiger charge is -2.36. The molecular formula is C38H55N5O5Si2. The van der Waals surface area contributed by atoms with Crippen LogP contribution in [0.4, 0.5) is 5.82 Å². The van der Waals surface area contributed by atoms with Gasteiger partial charge in [-0.25, -0.2) is 9.78 Å². The van der Waals surface area contributed by atoms with E-state index in [1.54, 1.807) is 7.11 Å². The van der Waals surface area contributed by atoms with Gasteiger partial charge in [0.05, 0.1) is 19.0 Å². The Labute approximate surface area is 299 Å². The summed E-state index contributed by atoms with van der Waals surface area (Å²) in [5.74, 6) is 0.669. The molecule has 3 heterocycles. The maximum atomic E-state index is 12.7. The molecule has 4 aromatic rings. The molecule has 0 radical (unpaired) electrons. The molecule has 0 saturated heterocycles. The second-order valence-corrected chi connectivity index (χ2v) is 27.1. The number of hydrogen-bond donors (Lipinski definition) is 0. The molecule has 0 N–H and O–H groups in total. The van der Waals surface area contributed by atoms with Crippen LogP contribution >= 0.6 is 0 Å². The first-order valence-corrected chi connectivity index (χ1v) is 25.2. The SMILES string of the molecule is COC(=O)C1(OC)CCC(c2cc(N(COCC[Si](C)(C)C)COCC[Si](C)(C)C)n3ncc(-c4ccc(-c5ccccc5)nc4)c3n2)CC1. The lowest BCUT2D eigenvalue weighted by Crippen LogP contribution is -2.44. The van der Waals surface area contributed by atoms with Crippen LogP contribution in [0.5, 0.6) is 0 Å². The highest BCUT2D eigenvalue weighted by Gasteiger charge is 2.44. The average Bonchev–Trinajstić information content (AvgIpc) is 3.54. The summed E-state index contributed by atoms with van der Waals surface area (Å²) in [5, 5.41) is 4.89. The van der Waals surface area contributed by atoms with Crippen LogP contribution < -0.4 is 4.90 Å². The molecule has 1 aliphatic rings. The number of anilines is 1. The summed E-state index contributed by atoms with van der Waals surface area (Å²) in [6, 6.07) is 18.6. The van der Waals surface area contributed by atoms with E-state index in [0.29, 0.717) is 39.5 Å². The lowest BCUT2D eigenvalue weighted by molar-refractivity contribution is -0.170. The molecule has 1 aliphatic carbocycles. The first-order valence-electron chi connectivity index (χ1n) is 17.8. The van der Waals surface area contributed by atoms with E-state index in [0.717, 1.165) is 64.5 Å². The normalized spacial score (nSPS) is 18.4. The van der Waals surface area contributed by atoms with Crippen LogP contribution in [-0.4, -0.2) is 88.2 Å². The smallest absolute Gasteiger partial charge is 0.338 e. The van der Waals surface area contributed by atoms with Crippen molar-refractivity contribution in [3.63, 3.8) is 0 Å². The van der Waals surface area contributed by atoms with E-state index in [2.05, 4.69) is 68.4 Å². The quantitative estimate of drug-likeness (QED) is 0.0493. The molecular weight excluding hydrogens is 663 g/mol. The van der Waals surface area contributed by atoms with Gasteiger partial charge in [-0.15, -0.1) is 0 Å². The molecule has 1 fully saturated rings. The largest absolute Gasteiger partial charge is 0.467 e. The Morgan fingerprint density at radius 3 is 2.06 bits per heavy atom. The van der Waals surface area contributed by atoms with Crippen LogP contribution in [-0.2, 0) is 23.7 Å². The minimum absolute atomic E-state index is 0.121. The summed E-state index contributed by atoms with van der Waals surface area (Å²) in [5.41, 5.74) is 4.59. The van der Waals surface area contributed by atoms with Gasteiger partial charge < -0.3 is 23.8 Å². The van der Waals surface area contributed by atoms with Gasteiger partial charge in [0.2, 0.25) is 0 Å². The zero-order valence-corrected chi connectivity index (χ0v) is 33.2. The molecule has 5 rings (SSSR count). The Bertz CT molecular complexity index is 1670. The van der Waals surface area contributed by atoms with Gasteiger partial charge in [-0.3, -0.25) is 4.98 Å². The summed E-state index contributed by atoms with van der Waals surface area (Å²) < 4.78 is 25.5. The predicted molar refractivity (Wildman–Crippen MR) is 205 cm³/mol. The van der Waals surface area contributed by atoms with E-state index in [-0.39, 0.29) is 11.9 Å². The summed E-state index contributed by atoms with van der Waals surface area (Å²) in [7, 11) is 0.479. The van der Waals surface area contributed by atoms with Crippen molar-refractivity contribution in [2.45, 2.75) is 88.6 Å². The third kappa shape index (κ3) is 9.46. The number of hydrogen-bond acceptors (Lipinski definition) is 9. The Morgan fingerprint density at radius 2 is 1.52 bits per heavy atom. The number of pyridine rings is 1. The zero-order chi connectivity index (χ0) is 35.9. The third-order valence-electron chi connectivity index (χ3n) is 9.59. The standard InChI is InChI=1S/C38H55N5O5Si2/c1-45-37(44)38(46-2)18-16-30(17-19-38)34-24-35(42(27-47-20-22-49(3,4)5)28-48-21-23-50(6,7)8)43-36(41-34)32(26-40-43)31-14-15-33(39-25-31)29-12-10-9-11-13-29/h9-15,24-26,30H,16-23,27-28H2,1-8H3. The number of rotatable bonds is 16. The van der Waals surface area contributed by atoms with E-state index in [1.165, 1.54) is 7.11 Å². The van der Waals surface area contributed by atoms with Gasteiger partial charge in [0.25, 0.3) is 0 Å². The minimum atomic E-state index is -1.27. The van der Waals surface area contributed by atoms with Crippen LogP contribution in [0, 0.1) is 0 Å². The Kier molecular flexibility index (Phi) is 12.3. The van der Waals surface area contributed by atoms with Crippen molar-refractivity contribution in [3.8, 4) is 22.4 Å². The van der Waals surface area contributed by atoms with Crippen LogP contribution in [0.15, 0.2) is 60.9 Å². The second-order valence-electron chi connectivity index (χ2n) is 15.8. The minimum Gasteiger partial charge on any atom is -0.467 e. The van der Waals surface area contributed by atoms with Crippen LogP contribution in [0.25, 0.3) is 28.0 Å². The van der Waals surface area contributed by atoms with Gasteiger partial charge in [0.1, 0.15) is 19.3 Å². The second kappa shape index (κ2) is 16.3. The van der Waals surface area contributed by atoms with Gasteiger partial charge in [-0.2, -0.15) is 9.61 Å². The molecule has 12 heteroatoms. The van der Waals surface area contributed by atoms with E-state index in [1.807, 2.05) is 41.2 Å². The highest BCUT2D eigenvalue weighted by atomic mass is 28.3. The van der Waals surface area contributed by atoms with Crippen molar-refractivity contribution < 1.29 is 23.7 Å². The molecule has 0 unspecified atom stereocenters. The summed E-state index contributed by atoms with van der Waals surface area (Å²) in [6.07, 6.45) is 6.36. The number of carbonyl (C=O) groups is 1. The number of aromatic nitrogens is 4. The van der Waals surface area contributed by atoms with Crippen LogP contribution in [0.3, 0.4) is 0 Å². The van der Waals surface area contributed by atoms with Gasteiger partial charge in [-0.1, -0.05) is 75.7 Å². The summed E-state index contributed by atoms with van der Waals surface area (Å²) >= 11 is 0.